The SMILES string of the molecule is CCCCCN=C(N)N=N.O=C1CC[C@H](C(=O)O)N1. The highest BCUT2D eigenvalue weighted by molar-refractivity contribution is 5.87. The van der Waals surface area contributed by atoms with Crippen molar-refractivity contribution < 1.29 is 14.7 Å². The molecule has 108 valence electrons. The number of carboxylic acids is 1. The topological polar surface area (TPSA) is 141 Å². The molecule has 0 bridgehead atoms. The van der Waals surface area contributed by atoms with E-state index in [9.17, 15) is 9.59 Å². The van der Waals surface area contributed by atoms with Crippen LogP contribution < -0.4 is 11.1 Å². The first-order valence-corrected chi connectivity index (χ1v) is 6.20. The molecule has 0 radical (unpaired) electrons. The smallest absolute Gasteiger partial charge is 0.326 e. The van der Waals surface area contributed by atoms with Crippen LogP contribution in [0.15, 0.2) is 10.1 Å². The van der Waals surface area contributed by atoms with Crippen molar-refractivity contribution in [1.29, 1.82) is 5.53 Å². The number of carbonyl (C=O) groups excluding carboxylic acids is 1. The number of aliphatic carboxylic acids is 1. The molecule has 1 aliphatic heterocycles. The first-order valence-electron chi connectivity index (χ1n) is 6.20. The van der Waals surface area contributed by atoms with Crippen molar-refractivity contribution >= 4 is 17.8 Å². The minimum Gasteiger partial charge on any atom is -0.480 e. The number of unbranched alkanes of at least 4 members (excludes halogenated alkanes) is 2. The summed E-state index contributed by atoms with van der Waals surface area (Å²) in [6.07, 6.45) is 4.14. The minimum absolute atomic E-state index is 0.0797. The van der Waals surface area contributed by atoms with Gasteiger partial charge in [-0.05, 0) is 12.8 Å². The number of amides is 1. The van der Waals surface area contributed by atoms with E-state index < -0.39 is 12.0 Å². The summed E-state index contributed by atoms with van der Waals surface area (Å²) >= 11 is 0. The van der Waals surface area contributed by atoms with Crippen LogP contribution in [0.25, 0.3) is 0 Å². The molecule has 0 saturated carbocycles. The summed E-state index contributed by atoms with van der Waals surface area (Å²) in [4.78, 5) is 24.3. The molecule has 0 aliphatic carbocycles. The summed E-state index contributed by atoms with van der Waals surface area (Å²) in [5.41, 5.74) is 11.6. The van der Waals surface area contributed by atoms with Crippen LogP contribution in [-0.4, -0.2) is 35.5 Å². The Labute approximate surface area is 112 Å². The summed E-state index contributed by atoms with van der Waals surface area (Å²) in [6.45, 7) is 2.82. The van der Waals surface area contributed by atoms with Crippen LogP contribution in [0.2, 0.25) is 0 Å². The third-order valence-electron chi connectivity index (χ3n) is 2.44. The summed E-state index contributed by atoms with van der Waals surface area (Å²) in [7, 11) is 0. The fourth-order valence-corrected chi connectivity index (χ4v) is 1.39. The van der Waals surface area contributed by atoms with Crippen LogP contribution in [0.4, 0.5) is 0 Å². The zero-order valence-corrected chi connectivity index (χ0v) is 11.1. The molecule has 0 aromatic rings. The Morgan fingerprint density at radius 3 is 2.63 bits per heavy atom. The summed E-state index contributed by atoms with van der Waals surface area (Å²) in [6, 6.07) is -0.641. The van der Waals surface area contributed by atoms with Crippen LogP contribution in [0, 0.1) is 5.53 Å². The van der Waals surface area contributed by atoms with Gasteiger partial charge in [-0.25, -0.2) is 10.3 Å². The van der Waals surface area contributed by atoms with Gasteiger partial charge in [0.2, 0.25) is 11.9 Å². The molecule has 1 atom stereocenters. The summed E-state index contributed by atoms with van der Waals surface area (Å²) in [5, 5.41) is 13.6. The highest BCUT2D eigenvalue weighted by Gasteiger charge is 2.26. The zero-order valence-electron chi connectivity index (χ0n) is 11.1. The number of nitrogens with two attached hydrogens (primary N) is 1. The molecule has 0 spiro atoms. The van der Waals surface area contributed by atoms with E-state index in [2.05, 4.69) is 22.3 Å². The highest BCUT2D eigenvalue weighted by Crippen LogP contribution is 2.05. The Kier molecular flexibility index (Phi) is 8.94. The maximum absolute atomic E-state index is 10.4. The van der Waals surface area contributed by atoms with E-state index in [0.29, 0.717) is 19.4 Å². The van der Waals surface area contributed by atoms with E-state index in [0.717, 1.165) is 12.8 Å². The first kappa shape index (κ1) is 17.0. The fraction of sp³-hybridized carbons (Fsp3) is 0.727. The van der Waals surface area contributed by atoms with Crippen molar-refractivity contribution in [3.05, 3.63) is 0 Å². The van der Waals surface area contributed by atoms with E-state index in [-0.39, 0.29) is 11.9 Å². The molecular weight excluding hydrogens is 250 g/mol. The van der Waals surface area contributed by atoms with Crippen LogP contribution in [0.1, 0.15) is 39.0 Å². The Morgan fingerprint density at radius 2 is 2.26 bits per heavy atom. The van der Waals surface area contributed by atoms with Crippen LogP contribution in [0.5, 0.6) is 0 Å². The third-order valence-corrected chi connectivity index (χ3v) is 2.44. The average Bonchev–Trinajstić information content (AvgIpc) is 2.82. The van der Waals surface area contributed by atoms with Gasteiger partial charge < -0.3 is 16.2 Å². The molecule has 1 aliphatic rings. The van der Waals surface area contributed by atoms with Gasteiger partial charge in [0.1, 0.15) is 6.04 Å². The van der Waals surface area contributed by atoms with Gasteiger partial charge in [-0.1, -0.05) is 19.8 Å². The van der Waals surface area contributed by atoms with E-state index in [1.165, 1.54) is 6.42 Å². The monoisotopic (exact) mass is 271 g/mol. The molecule has 0 aromatic carbocycles. The molecule has 8 heteroatoms. The maximum atomic E-state index is 10.4. The standard InChI is InChI=1S/C6H14N4.C5H7NO3/c1-2-3-4-5-9-6(7)10-8;7-4-2-1-3(6-4)5(8)9/h8H,2-5H2,1H3,(H2,7,9);3H,1-2H2,(H,6,7)(H,8,9)/t;3-/m.1/s1. The van der Waals surface area contributed by atoms with Gasteiger partial charge in [-0.15, -0.1) is 5.11 Å². The molecule has 1 rings (SSSR count). The lowest BCUT2D eigenvalue weighted by atomic mass is 10.2. The number of aliphatic imine (C=N–C) groups is 1. The molecule has 1 fully saturated rings. The number of hydrogen-bond acceptors (Lipinski definition) is 4. The van der Waals surface area contributed by atoms with E-state index >= 15 is 0 Å². The molecule has 19 heavy (non-hydrogen) atoms. The fourth-order valence-electron chi connectivity index (χ4n) is 1.39. The Bertz CT molecular complexity index is 343. The van der Waals surface area contributed by atoms with Crippen molar-refractivity contribution in [2.45, 2.75) is 45.1 Å². The van der Waals surface area contributed by atoms with Gasteiger partial charge in [0.05, 0.1) is 0 Å². The largest absolute Gasteiger partial charge is 0.480 e. The van der Waals surface area contributed by atoms with Crippen LogP contribution in [0.3, 0.4) is 0 Å². The lowest BCUT2D eigenvalue weighted by molar-refractivity contribution is -0.140. The van der Waals surface area contributed by atoms with Crippen molar-refractivity contribution in [2.75, 3.05) is 6.54 Å². The second-order valence-electron chi connectivity index (χ2n) is 4.06. The second-order valence-corrected chi connectivity index (χ2v) is 4.06. The lowest BCUT2D eigenvalue weighted by Crippen LogP contribution is -2.32. The van der Waals surface area contributed by atoms with Crippen molar-refractivity contribution in [2.24, 2.45) is 15.8 Å². The van der Waals surface area contributed by atoms with Crippen LogP contribution in [-0.2, 0) is 9.59 Å². The average molecular weight is 271 g/mol. The number of hydrogen-bond donors (Lipinski definition) is 4. The van der Waals surface area contributed by atoms with Gasteiger partial charge in [0.15, 0.2) is 0 Å². The van der Waals surface area contributed by atoms with Gasteiger partial charge >= 0.3 is 5.97 Å². The molecule has 8 nitrogen and oxygen atoms in total. The van der Waals surface area contributed by atoms with Crippen molar-refractivity contribution in [3.8, 4) is 0 Å². The van der Waals surface area contributed by atoms with Crippen LogP contribution >= 0.6 is 0 Å². The molecule has 0 unspecified atom stereocenters. The molecular formula is C11H21N5O3. The summed E-state index contributed by atoms with van der Waals surface area (Å²) in [5.74, 6) is -1.03. The number of carbonyl (C=O) groups is 2. The van der Waals surface area contributed by atoms with Gasteiger partial charge in [0, 0.05) is 13.0 Å². The number of nitrogens with one attached hydrogen (secondary N) is 2. The first-order chi connectivity index (χ1) is 9.01. The molecule has 1 heterocycles. The normalized spacial score (nSPS) is 18.3. The van der Waals surface area contributed by atoms with E-state index in [1.807, 2.05) is 0 Å². The predicted molar refractivity (Wildman–Crippen MR) is 70.0 cm³/mol. The maximum Gasteiger partial charge on any atom is 0.326 e. The zero-order chi connectivity index (χ0) is 14.7. The Balaban J connectivity index is 0.000000342. The van der Waals surface area contributed by atoms with E-state index in [4.69, 9.17) is 16.4 Å². The number of nitrogens with zero attached hydrogens (tertiary/aromatic N) is 2. The predicted octanol–water partition coefficient (Wildman–Crippen LogP) is 0.872. The van der Waals surface area contributed by atoms with Gasteiger partial charge in [-0.3, -0.25) is 9.79 Å². The second kappa shape index (κ2) is 9.98. The van der Waals surface area contributed by atoms with Gasteiger partial charge in [-0.2, -0.15) is 0 Å². The molecule has 5 N–H and O–H groups in total. The van der Waals surface area contributed by atoms with Crippen molar-refractivity contribution in [3.63, 3.8) is 0 Å². The molecule has 1 amide bonds. The third kappa shape index (κ3) is 8.70. The molecule has 0 aromatic heterocycles. The van der Waals surface area contributed by atoms with E-state index in [1.54, 1.807) is 0 Å². The number of carboxylic acid groups (broad SMARTS) is 1. The quantitative estimate of drug-likeness (QED) is 0.255. The minimum atomic E-state index is -0.944. The van der Waals surface area contributed by atoms with Gasteiger partial charge in [0.25, 0.3) is 0 Å². The Hall–Kier alpha value is -1.99. The number of guanidine groups is 1. The Morgan fingerprint density at radius 1 is 1.58 bits per heavy atom. The molecule has 1 saturated heterocycles. The lowest BCUT2D eigenvalue weighted by Gasteiger charge is -1.99. The number of rotatable bonds is 5. The van der Waals surface area contributed by atoms with Crippen molar-refractivity contribution in [1.82, 2.24) is 5.32 Å². The highest BCUT2D eigenvalue weighted by atomic mass is 16.4. The summed E-state index contributed by atoms with van der Waals surface area (Å²) < 4.78 is 0.